The highest BCUT2D eigenvalue weighted by Crippen LogP contribution is 2.16. The molecule has 0 aliphatic carbocycles. The molecular weight excluding hydrogens is 154 g/mol. The minimum absolute atomic E-state index is 0.374. The molecule has 0 bridgehead atoms. The molecule has 0 aliphatic rings. The molecule has 0 fully saturated rings. The first-order valence-corrected chi connectivity index (χ1v) is 3.00. The van der Waals surface area contributed by atoms with Crippen molar-refractivity contribution in [3.63, 3.8) is 0 Å². The lowest BCUT2D eigenvalue weighted by atomic mass is 10.4. The van der Waals surface area contributed by atoms with Crippen LogP contribution in [0.5, 0.6) is 0 Å². The van der Waals surface area contributed by atoms with E-state index in [1.54, 1.807) is 0 Å². The SMILES string of the molecule is O=NC(Cl)c1cnccn1. The lowest BCUT2D eigenvalue weighted by molar-refractivity contribution is 0.920. The summed E-state index contributed by atoms with van der Waals surface area (Å²) >= 11 is 5.41. The number of hydrogen-bond donors (Lipinski definition) is 0. The number of alkyl halides is 1. The van der Waals surface area contributed by atoms with Gasteiger partial charge in [-0.1, -0.05) is 11.6 Å². The van der Waals surface area contributed by atoms with E-state index in [1.165, 1.54) is 18.6 Å². The second kappa shape index (κ2) is 3.22. The first-order chi connectivity index (χ1) is 4.84. The van der Waals surface area contributed by atoms with Crippen molar-refractivity contribution in [1.82, 2.24) is 9.97 Å². The van der Waals surface area contributed by atoms with E-state index in [2.05, 4.69) is 15.1 Å². The minimum atomic E-state index is -0.923. The van der Waals surface area contributed by atoms with Crippen LogP contribution in [0.15, 0.2) is 23.8 Å². The van der Waals surface area contributed by atoms with Crippen molar-refractivity contribution in [2.75, 3.05) is 0 Å². The van der Waals surface area contributed by atoms with Gasteiger partial charge in [0.15, 0.2) is 0 Å². The Bertz CT molecular complexity index is 215. The van der Waals surface area contributed by atoms with Gasteiger partial charge in [0.1, 0.15) is 5.69 Å². The Kier molecular flexibility index (Phi) is 2.28. The van der Waals surface area contributed by atoms with Crippen molar-refractivity contribution in [2.24, 2.45) is 5.18 Å². The molecule has 1 rings (SSSR count). The highest BCUT2D eigenvalue weighted by molar-refractivity contribution is 6.20. The number of nitroso groups, excluding NO2 is 1. The van der Waals surface area contributed by atoms with Crippen LogP contribution in [-0.2, 0) is 0 Å². The number of halogens is 1. The predicted molar refractivity (Wildman–Crippen MR) is 36.4 cm³/mol. The smallest absolute Gasteiger partial charge is 0.208 e. The summed E-state index contributed by atoms with van der Waals surface area (Å²) in [6.07, 6.45) is 4.35. The van der Waals surface area contributed by atoms with Crippen LogP contribution in [0.2, 0.25) is 0 Å². The molecule has 1 unspecified atom stereocenters. The molecule has 1 atom stereocenters. The summed E-state index contributed by atoms with van der Waals surface area (Å²) in [6.45, 7) is 0. The van der Waals surface area contributed by atoms with Crippen LogP contribution in [0.3, 0.4) is 0 Å². The molecule has 0 N–H and O–H groups in total. The molecule has 0 spiro atoms. The first-order valence-electron chi connectivity index (χ1n) is 2.57. The Morgan fingerprint density at radius 1 is 1.60 bits per heavy atom. The predicted octanol–water partition coefficient (Wildman–Crippen LogP) is 1.48. The number of aromatic nitrogens is 2. The highest BCUT2D eigenvalue weighted by atomic mass is 35.5. The van der Waals surface area contributed by atoms with E-state index in [0.717, 1.165) is 0 Å². The molecule has 5 heteroatoms. The van der Waals surface area contributed by atoms with Crippen molar-refractivity contribution in [2.45, 2.75) is 5.50 Å². The molecular formula is C5H4ClN3O. The Balaban J connectivity index is 2.84. The molecule has 0 amide bonds. The summed E-state index contributed by atoms with van der Waals surface area (Å²) < 4.78 is 0. The van der Waals surface area contributed by atoms with Gasteiger partial charge in [-0.05, 0) is 5.18 Å². The van der Waals surface area contributed by atoms with Gasteiger partial charge < -0.3 is 0 Å². The van der Waals surface area contributed by atoms with Crippen LogP contribution < -0.4 is 0 Å². The van der Waals surface area contributed by atoms with E-state index in [1.807, 2.05) is 0 Å². The second-order valence-corrected chi connectivity index (χ2v) is 1.98. The van der Waals surface area contributed by atoms with Gasteiger partial charge in [-0.2, -0.15) is 0 Å². The molecule has 0 aliphatic heterocycles. The maximum absolute atomic E-state index is 9.86. The molecule has 10 heavy (non-hydrogen) atoms. The molecule has 0 saturated heterocycles. The van der Waals surface area contributed by atoms with Gasteiger partial charge in [-0.15, -0.1) is 4.91 Å². The molecule has 0 saturated carbocycles. The largest absolute Gasteiger partial charge is 0.261 e. The molecule has 1 aromatic rings. The van der Waals surface area contributed by atoms with Crippen molar-refractivity contribution in [3.8, 4) is 0 Å². The van der Waals surface area contributed by atoms with Crippen LogP contribution in [-0.4, -0.2) is 9.97 Å². The van der Waals surface area contributed by atoms with Gasteiger partial charge in [0.25, 0.3) is 0 Å². The van der Waals surface area contributed by atoms with Gasteiger partial charge >= 0.3 is 0 Å². The summed E-state index contributed by atoms with van der Waals surface area (Å²) in [4.78, 5) is 17.3. The topological polar surface area (TPSA) is 55.2 Å². The third-order valence-corrected chi connectivity index (χ3v) is 1.22. The summed E-state index contributed by atoms with van der Waals surface area (Å²) in [5.74, 6) is 0. The van der Waals surface area contributed by atoms with E-state index in [4.69, 9.17) is 11.6 Å². The molecule has 52 valence electrons. The zero-order valence-electron chi connectivity index (χ0n) is 4.94. The third kappa shape index (κ3) is 1.48. The zero-order valence-corrected chi connectivity index (χ0v) is 5.69. The minimum Gasteiger partial charge on any atom is -0.261 e. The quantitative estimate of drug-likeness (QED) is 0.371. The third-order valence-electron chi connectivity index (χ3n) is 0.920. The van der Waals surface area contributed by atoms with Crippen LogP contribution in [0, 0.1) is 4.91 Å². The van der Waals surface area contributed by atoms with Crippen molar-refractivity contribution in [3.05, 3.63) is 29.2 Å². The van der Waals surface area contributed by atoms with Gasteiger partial charge in [0.05, 0.1) is 6.20 Å². The normalized spacial score (nSPS) is 12.5. The Hall–Kier alpha value is -1.03. The fourth-order valence-corrected chi connectivity index (χ4v) is 0.600. The van der Waals surface area contributed by atoms with E-state index < -0.39 is 5.50 Å². The maximum atomic E-state index is 9.86. The standard InChI is InChI=1S/C5H4ClN3O/c6-5(9-10)4-3-7-1-2-8-4/h1-3,5H. The fourth-order valence-electron chi connectivity index (χ4n) is 0.488. The maximum Gasteiger partial charge on any atom is 0.208 e. The Labute approximate surface area is 62.2 Å². The summed E-state index contributed by atoms with van der Waals surface area (Å²) in [6, 6.07) is 0. The van der Waals surface area contributed by atoms with Crippen molar-refractivity contribution >= 4 is 11.6 Å². The Morgan fingerprint density at radius 3 is 2.90 bits per heavy atom. The van der Waals surface area contributed by atoms with Crippen LogP contribution in [0.1, 0.15) is 11.2 Å². The Morgan fingerprint density at radius 2 is 2.40 bits per heavy atom. The molecule has 1 aromatic heterocycles. The molecule has 1 heterocycles. The average Bonchev–Trinajstić information content (AvgIpc) is 2.05. The van der Waals surface area contributed by atoms with Gasteiger partial charge in [-0.25, -0.2) is 0 Å². The van der Waals surface area contributed by atoms with E-state index in [9.17, 15) is 4.91 Å². The van der Waals surface area contributed by atoms with E-state index in [-0.39, 0.29) is 0 Å². The second-order valence-electron chi connectivity index (χ2n) is 1.57. The summed E-state index contributed by atoms with van der Waals surface area (Å²) in [5, 5.41) is 2.57. The van der Waals surface area contributed by atoms with Gasteiger partial charge in [0.2, 0.25) is 5.50 Å². The molecule has 0 aromatic carbocycles. The zero-order chi connectivity index (χ0) is 7.40. The van der Waals surface area contributed by atoms with Crippen LogP contribution in [0.4, 0.5) is 0 Å². The van der Waals surface area contributed by atoms with Crippen molar-refractivity contribution in [1.29, 1.82) is 0 Å². The monoisotopic (exact) mass is 157 g/mol. The number of hydrogen-bond acceptors (Lipinski definition) is 4. The van der Waals surface area contributed by atoms with Crippen LogP contribution >= 0.6 is 11.6 Å². The molecule has 4 nitrogen and oxygen atoms in total. The molecule has 0 radical (unpaired) electrons. The highest BCUT2D eigenvalue weighted by Gasteiger charge is 2.06. The first kappa shape index (κ1) is 7.08. The number of nitrogens with zero attached hydrogens (tertiary/aromatic N) is 3. The van der Waals surface area contributed by atoms with Gasteiger partial charge in [0, 0.05) is 12.4 Å². The number of rotatable bonds is 2. The van der Waals surface area contributed by atoms with Gasteiger partial charge in [-0.3, -0.25) is 9.97 Å². The van der Waals surface area contributed by atoms with Crippen molar-refractivity contribution < 1.29 is 0 Å². The van der Waals surface area contributed by atoms with E-state index >= 15 is 0 Å². The lowest BCUT2D eigenvalue weighted by Crippen LogP contribution is -1.89. The van der Waals surface area contributed by atoms with Crippen LogP contribution in [0.25, 0.3) is 0 Å². The summed E-state index contributed by atoms with van der Waals surface area (Å²) in [5.41, 5.74) is -0.548. The average molecular weight is 158 g/mol. The fraction of sp³-hybridized carbons (Fsp3) is 0.200. The summed E-state index contributed by atoms with van der Waals surface area (Å²) in [7, 11) is 0. The lowest BCUT2D eigenvalue weighted by Gasteiger charge is -1.95. The van der Waals surface area contributed by atoms with E-state index in [0.29, 0.717) is 5.69 Å².